The number of nitrogens with zero attached hydrogens (tertiary/aromatic N) is 1. The van der Waals surface area contributed by atoms with Gasteiger partial charge in [-0.05, 0) is 63.1 Å². The van der Waals surface area contributed by atoms with Crippen molar-refractivity contribution in [3.8, 4) is 0 Å². The lowest BCUT2D eigenvalue weighted by molar-refractivity contribution is 0.0978. The number of hydrogen-bond acceptors (Lipinski definition) is 3. The van der Waals surface area contributed by atoms with Crippen LogP contribution in [-0.4, -0.2) is 16.0 Å². The Morgan fingerprint density at radius 1 is 1.24 bits per heavy atom. The van der Waals surface area contributed by atoms with Gasteiger partial charge in [-0.1, -0.05) is 18.2 Å². The molecule has 0 fully saturated rings. The van der Waals surface area contributed by atoms with E-state index >= 15 is 0 Å². The number of rotatable bonds is 2. The molecule has 0 unspecified atom stereocenters. The number of carbonyl (C=O) groups is 1. The van der Waals surface area contributed by atoms with Crippen LogP contribution in [-0.2, 0) is 0 Å². The molecule has 1 aromatic heterocycles. The van der Waals surface area contributed by atoms with Crippen LogP contribution >= 0.6 is 44.1 Å². The SMILES string of the molecule is Cc1ncc(Br)c(NC(=S)NC(=O)c2ccccc2)c1Br. The highest BCUT2D eigenvalue weighted by atomic mass is 79.9. The Morgan fingerprint density at radius 2 is 1.90 bits per heavy atom. The van der Waals surface area contributed by atoms with E-state index in [-0.39, 0.29) is 11.0 Å². The van der Waals surface area contributed by atoms with Crippen molar-refractivity contribution in [2.24, 2.45) is 0 Å². The quantitative estimate of drug-likeness (QED) is 0.708. The van der Waals surface area contributed by atoms with Crippen molar-refractivity contribution in [2.75, 3.05) is 5.32 Å². The number of halogens is 2. The standard InChI is InChI=1S/C14H11Br2N3OS/c1-8-11(16)12(10(15)7-17-8)18-14(21)19-13(20)9-5-3-2-4-6-9/h2-7H,1H3,(H2,17,18,19,20,21). The molecule has 4 nitrogen and oxygen atoms in total. The summed E-state index contributed by atoms with van der Waals surface area (Å²) in [6.45, 7) is 1.87. The number of amides is 1. The third kappa shape index (κ3) is 4.09. The van der Waals surface area contributed by atoms with Crippen LogP contribution in [0.25, 0.3) is 0 Å². The fourth-order valence-electron chi connectivity index (χ4n) is 1.58. The molecule has 2 rings (SSSR count). The Balaban J connectivity index is 2.10. The zero-order valence-electron chi connectivity index (χ0n) is 11.0. The van der Waals surface area contributed by atoms with Crippen LogP contribution in [0.1, 0.15) is 16.1 Å². The van der Waals surface area contributed by atoms with Crippen LogP contribution in [0.3, 0.4) is 0 Å². The number of hydrogen-bond donors (Lipinski definition) is 2. The first kappa shape index (κ1) is 16.1. The first-order valence-electron chi connectivity index (χ1n) is 5.97. The van der Waals surface area contributed by atoms with Gasteiger partial charge >= 0.3 is 0 Å². The van der Waals surface area contributed by atoms with Crippen molar-refractivity contribution in [3.63, 3.8) is 0 Å². The maximum Gasteiger partial charge on any atom is 0.257 e. The Labute approximate surface area is 144 Å². The Bertz CT molecular complexity index is 692. The van der Waals surface area contributed by atoms with Gasteiger partial charge in [-0.15, -0.1) is 0 Å². The summed E-state index contributed by atoms with van der Waals surface area (Å²) < 4.78 is 1.53. The van der Waals surface area contributed by atoms with E-state index in [4.69, 9.17) is 12.2 Å². The Kier molecular flexibility index (Phi) is 5.44. The summed E-state index contributed by atoms with van der Waals surface area (Å²) in [6, 6.07) is 8.89. The number of carbonyl (C=O) groups excluding carboxylic acids is 1. The minimum absolute atomic E-state index is 0.218. The third-order valence-corrected chi connectivity index (χ3v) is 4.42. The van der Waals surface area contributed by atoms with E-state index in [0.717, 1.165) is 20.3 Å². The van der Waals surface area contributed by atoms with Crippen LogP contribution in [0.15, 0.2) is 45.5 Å². The summed E-state index contributed by atoms with van der Waals surface area (Å²) in [4.78, 5) is 16.2. The van der Waals surface area contributed by atoms with Gasteiger partial charge in [0.15, 0.2) is 5.11 Å². The molecule has 1 aromatic carbocycles. The van der Waals surface area contributed by atoms with Crippen molar-refractivity contribution in [3.05, 3.63) is 56.7 Å². The molecule has 2 N–H and O–H groups in total. The number of nitrogens with one attached hydrogen (secondary N) is 2. The largest absolute Gasteiger partial charge is 0.330 e. The van der Waals surface area contributed by atoms with Crippen molar-refractivity contribution < 1.29 is 4.79 Å². The topological polar surface area (TPSA) is 54.0 Å². The normalized spacial score (nSPS) is 10.0. The lowest BCUT2D eigenvalue weighted by Crippen LogP contribution is -2.34. The lowest BCUT2D eigenvalue weighted by Gasteiger charge is -2.13. The molecule has 0 bridgehead atoms. The van der Waals surface area contributed by atoms with Gasteiger partial charge in [0.2, 0.25) is 0 Å². The molecule has 108 valence electrons. The van der Waals surface area contributed by atoms with E-state index in [1.54, 1.807) is 30.5 Å². The first-order chi connectivity index (χ1) is 9.99. The molecule has 0 spiro atoms. The molecular weight excluding hydrogens is 418 g/mol. The predicted octanol–water partition coefficient (Wildman–Crippen LogP) is 4.04. The fourth-order valence-corrected chi connectivity index (χ4v) is 2.86. The Hall–Kier alpha value is -1.31. The molecule has 0 saturated carbocycles. The third-order valence-electron chi connectivity index (χ3n) is 2.65. The highest BCUT2D eigenvalue weighted by molar-refractivity contribution is 9.11. The van der Waals surface area contributed by atoms with Crippen molar-refractivity contribution in [1.29, 1.82) is 0 Å². The van der Waals surface area contributed by atoms with Gasteiger partial charge < -0.3 is 5.32 Å². The molecule has 2 aromatic rings. The van der Waals surface area contributed by atoms with Crippen molar-refractivity contribution >= 4 is 60.8 Å². The monoisotopic (exact) mass is 427 g/mol. The summed E-state index contributed by atoms with van der Waals surface area (Å²) in [5.74, 6) is -0.258. The predicted molar refractivity (Wildman–Crippen MR) is 94.5 cm³/mol. The summed E-state index contributed by atoms with van der Waals surface area (Å²) in [6.07, 6.45) is 1.67. The number of anilines is 1. The molecule has 1 amide bonds. The van der Waals surface area contributed by atoms with E-state index in [9.17, 15) is 4.79 Å². The van der Waals surface area contributed by atoms with E-state index in [1.807, 2.05) is 13.0 Å². The highest BCUT2D eigenvalue weighted by Crippen LogP contribution is 2.31. The second-order valence-electron chi connectivity index (χ2n) is 4.15. The molecular formula is C14H11Br2N3OS. The number of aromatic nitrogens is 1. The fraction of sp³-hybridized carbons (Fsp3) is 0.0714. The summed E-state index contributed by atoms with van der Waals surface area (Å²) in [5, 5.41) is 5.84. The van der Waals surface area contributed by atoms with Crippen molar-refractivity contribution in [2.45, 2.75) is 6.92 Å². The first-order valence-corrected chi connectivity index (χ1v) is 7.96. The number of pyridine rings is 1. The minimum atomic E-state index is -0.258. The van der Waals surface area contributed by atoms with Crippen LogP contribution in [0.4, 0.5) is 5.69 Å². The summed E-state index contributed by atoms with van der Waals surface area (Å²) in [5.41, 5.74) is 2.09. The molecule has 0 saturated heterocycles. The molecule has 0 aliphatic carbocycles. The van der Waals surface area contributed by atoms with Gasteiger partial charge in [0.25, 0.3) is 5.91 Å². The second-order valence-corrected chi connectivity index (χ2v) is 6.21. The Morgan fingerprint density at radius 3 is 2.57 bits per heavy atom. The van der Waals surface area contributed by atoms with Gasteiger partial charge in [-0.25, -0.2) is 0 Å². The van der Waals surface area contributed by atoms with Crippen LogP contribution < -0.4 is 10.6 Å². The van der Waals surface area contributed by atoms with Crippen LogP contribution in [0.2, 0.25) is 0 Å². The van der Waals surface area contributed by atoms with Crippen LogP contribution in [0, 0.1) is 6.92 Å². The lowest BCUT2D eigenvalue weighted by atomic mass is 10.2. The average molecular weight is 429 g/mol. The summed E-state index contributed by atoms with van der Waals surface area (Å²) in [7, 11) is 0. The number of aryl methyl sites for hydroxylation is 1. The van der Waals surface area contributed by atoms with Gasteiger partial charge in [0.1, 0.15) is 0 Å². The smallest absolute Gasteiger partial charge is 0.257 e. The molecule has 21 heavy (non-hydrogen) atoms. The van der Waals surface area contributed by atoms with E-state index < -0.39 is 0 Å². The maximum atomic E-state index is 12.0. The highest BCUT2D eigenvalue weighted by Gasteiger charge is 2.12. The zero-order valence-corrected chi connectivity index (χ0v) is 15.0. The minimum Gasteiger partial charge on any atom is -0.330 e. The van der Waals surface area contributed by atoms with Gasteiger partial charge in [0, 0.05) is 11.8 Å². The molecule has 0 radical (unpaired) electrons. The molecule has 1 heterocycles. The van der Waals surface area contributed by atoms with Gasteiger partial charge in [0.05, 0.1) is 20.3 Å². The van der Waals surface area contributed by atoms with E-state index in [2.05, 4.69) is 47.5 Å². The van der Waals surface area contributed by atoms with Gasteiger partial charge in [-0.3, -0.25) is 15.1 Å². The average Bonchev–Trinajstić information content (AvgIpc) is 2.48. The van der Waals surface area contributed by atoms with Gasteiger partial charge in [-0.2, -0.15) is 0 Å². The molecule has 0 atom stereocenters. The number of benzene rings is 1. The summed E-state index contributed by atoms with van der Waals surface area (Å²) >= 11 is 12.0. The maximum absolute atomic E-state index is 12.0. The van der Waals surface area contributed by atoms with Crippen molar-refractivity contribution in [1.82, 2.24) is 10.3 Å². The van der Waals surface area contributed by atoms with E-state index in [0.29, 0.717) is 5.56 Å². The molecule has 7 heteroatoms. The second kappa shape index (κ2) is 7.11. The molecule has 0 aliphatic rings. The zero-order chi connectivity index (χ0) is 15.4. The molecule has 0 aliphatic heterocycles. The number of thiocarbonyl (C=S) groups is 1. The van der Waals surface area contributed by atoms with Crippen LogP contribution in [0.5, 0.6) is 0 Å². The van der Waals surface area contributed by atoms with E-state index in [1.165, 1.54) is 0 Å².